The SMILES string of the molecule is COc1cc(Nc2cccc(-n3c(=O)n(C4CC4)c(=O)c4c(Nc5ccc(I)cc5F)n(C)c(=O)c(C)c43)c2)cc(OCCCNC[C@H](Cc2cccc(F)c2)NC(=O)c2cc(-c3c(Cl)cnn3C)c(Cl)s2)c1. The van der Waals surface area contributed by atoms with Gasteiger partial charge in [-0.3, -0.25) is 32.8 Å². The van der Waals surface area contributed by atoms with Crippen molar-refractivity contribution in [3.63, 3.8) is 0 Å². The second-order valence-corrected chi connectivity index (χ2v) is 20.9. The lowest BCUT2D eigenvalue weighted by molar-refractivity contribution is 0.0940. The fourth-order valence-corrected chi connectivity index (χ4v) is 10.6. The average Bonchev–Trinajstić information content (AvgIpc) is 4.04. The summed E-state index contributed by atoms with van der Waals surface area (Å²) >= 11 is 16.1. The molecule has 8 aromatic rings. The minimum atomic E-state index is -0.594. The third-order valence-corrected chi connectivity index (χ3v) is 14.7. The zero-order valence-electron chi connectivity index (χ0n) is 39.8. The van der Waals surface area contributed by atoms with Crippen molar-refractivity contribution in [3.05, 3.63) is 169 Å². The van der Waals surface area contributed by atoms with Crippen molar-refractivity contribution in [1.82, 2.24) is 34.1 Å². The summed E-state index contributed by atoms with van der Waals surface area (Å²) < 4.78 is 47.8. The molecule has 0 bridgehead atoms. The molecule has 1 amide bonds. The van der Waals surface area contributed by atoms with Crippen LogP contribution in [0.1, 0.15) is 46.1 Å². The van der Waals surface area contributed by atoms with E-state index in [0.717, 1.165) is 16.9 Å². The minimum Gasteiger partial charge on any atom is -0.497 e. The summed E-state index contributed by atoms with van der Waals surface area (Å²) in [6, 6.07) is 24.2. The second-order valence-electron chi connectivity index (χ2n) is 17.6. The Morgan fingerprint density at radius 2 is 1.71 bits per heavy atom. The summed E-state index contributed by atoms with van der Waals surface area (Å²) in [6.07, 6.45) is 3.73. The van der Waals surface area contributed by atoms with Gasteiger partial charge in [-0.15, -0.1) is 11.3 Å². The Hall–Kier alpha value is -6.52. The van der Waals surface area contributed by atoms with Crippen molar-refractivity contribution in [2.24, 2.45) is 14.1 Å². The van der Waals surface area contributed by atoms with Gasteiger partial charge in [0, 0.05) is 77.0 Å². The Labute approximate surface area is 444 Å². The molecule has 1 fully saturated rings. The number of aromatic nitrogens is 5. The number of ether oxygens (including phenoxy) is 2. The number of nitrogens with one attached hydrogen (secondary N) is 4. The molecule has 0 spiro atoms. The van der Waals surface area contributed by atoms with Crippen LogP contribution >= 0.6 is 57.1 Å². The van der Waals surface area contributed by atoms with E-state index in [2.05, 4.69) is 26.4 Å². The molecule has 21 heteroatoms. The molecule has 15 nitrogen and oxygen atoms in total. The summed E-state index contributed by atoms with van der Waals surface area (Å²) in [5.74, 6) is -0.178. The van der Waals surface area contributed by atoms with Crippen LogP contribution in [0, 0.1) is 22.1 Å². The topological polar surface area (TPSA) is 167 Å². The van der Waals surface area contributed by atoms with Crippen LogP contribution in [0.25, 0.3) is 27.8 Å². The maximum Gasteiger partial charge on any atom is 0.336 e. The Morgan fingerprint density at radius 1 is 0.932 bits per heavy atom. The van der Waals surface area contributed by atoms with Crippen LogP contribution in [-0.4, -0.2) is 62.2 Å². The van der Waals surface area contributed by atoms with Gasteiger partial charge in [-0.25, -0.2) is 13.6 Å². The Morgan fingerprint density at radius 3 is 2.44 bits per heavy atom. The fourth-order valence-electron chi connectivity index (χ4n) is 8.71. The van der Waals surface area contributed by atoms with E-state index < -0.39 is 28.7 Å². The monoisotopic (exact) mass is 1160 g/mol. The van der Waals surface area contributed by atoms with Gasteiger partial charge in [0.25, 0.3) is 17.0 Å². The third-order valence-electron chi connectivity index (χ3n) is 12.4. The van der Waals surface area contributed by atoms with E-state index in [1.807, 2.05) is 40.8 Å². The molecule has 9 rings (SSSR count). The number of anilines is 4. The number of halogens is 5. The molecule has 4 heterocycles. The highest BCUT2D eigenvalue weighted by Gasteiger charge is 2.32. The summed E-state index contributed by atoms with van der Waals surface area (Å²) in [4.78, 5) is 56.7. The molecule has 4 N–H and O–H groups in total. The van der Waals surface area contributed by atoms with E-state index >= 15 is 4.39 Å². The van der Waals surface area contributed by atoms with Gasteiger partial charge in [0.05, 0.1) is 52.4 Å². The number of benzene rings is 4. The molecule has 73 heavy (non-hydrogen) atoms. The van der Waals surface area contributed by atoms with Crippen molar-refractivity contribution in [3.8, 4) is 28.4 Å². The molecule has 0 aliphatic heterocycles. The van der Waals surface area contributed by atoms with Crippen LogP contribution in [0.3, 0.4) is 0 Å². The van der Waals surface area contributed by atoms with Gasteiger partial charge in [0.2, 0.25) is 0 Å². The lowest BCUT2D eigenvalue weighted by Crippen LogP contribution is -2.43. The molecular weight excluding hydrogens is 1110 g/mol. The maximum absolute atomic E-state index is 15.2. The molecule has 1 aliphatic carbocycles. The minimum absolute atomic E-state index is 0.0605. The molecule has 4 aromatic carbocycles. The number of rotatable bonds is 19. The van der Waals surface area contributed by atoms with E-state index in [9.17, 15) is 23.6 Å². The van der Waals surface area contributed by atoms with Gasteiger partial charge in [0.1, 0.15) is 38.7 Å². The molecule has 1 atom stereocenters. The van der Waals surface area contributed by atoms with Gasteiger partial charge < -0.3 is 30.7 Å². The van der Waals surface area contributed by atoms with Crippen LogP contribution in [0.5, 0.6) is 11.5 Å². The summed E-state index contributed by atoms with van der Waals surface area (Å²) in [7, 11) is 4.79. The number of amides is 1. The van der Waals surface area contributed by atoms with Crippen molar-refractivity contribution >= 4 is 96.8 Å². The number of hydrogen-bond donors (Lipinski definition) is 4. The van der Waals surface area contributed by atoms with Crippen LogP contribution in [0.2, 0.25) is 9.36 Å². The first-order valence-electron chi connectivity index (χ1n) is 23.1. The standard InChI is InChI=1S/C52H48Cl2F2IN9O6S/c1-28-45-44(48(63(2)50(28)68)62-42-15-12-31(57)20-41(42)56)51(69)66(35-13-14-35)52(70)65(45)36-11-6-10-32(21-36)60-33-22-37(71-4)24-38(23-33)72-17-7-16-58-26-34(19-29-8-5-9-30(55)18-29)61-49(67)43-25-39(47(54)73-43)46-40(53)27-59-64(46)3/h5-6,8-12,15,18,20-25,27,34-35,58,60,62H,7,13-14,16-17,19,26H2,1-4H3,(H,61,67)/t34-/m0/s1. The van der Waals surface area contributed by atoms with Crippen molar-refractivity contribution in [2.45, 2.75) is 44.7 Å². The third kappa shape index (κ3) is 11.2. The van der Waals surface area contributed by atoms with E-state index in [4.69, 9.17) is 32.7 Å². The van der Waals surface area contributed by atoms with Crippen molar-refractivity contribution < 1.29 is 23.0 Å². The number of hydrogen-bond acceptors (Lipinski definition) is 11. The highest BCUT2D eigenvalue weighted by Crippen LogP contribution is 2.39. The van der Waals surface area contributed by atoms with E-state index in [1.54, 1.807) is 74.3 Å². The first kappa shape index (κ1) is 51.4. The zero-order valence-corrected chi connectivity index (χ0v) is 44.3. The Kier molecular flexibility index (Phi) is 15.4. The summed E-state index contributed by atoms with van der Waals surface area (Å²) in [5, 5.41) is 17.5. The van der Waals surface area contributed by atoms with Crippen LogP contribution < -0.4 is 47.5 Å². The van der Waals surface area contributed by atoms with Crippen molar-refractivity contribution in [1.29, 1.82) is 0 Å². The first-order chi connectivity index (χ1) is 35.1. The number of thiophene rings is 1. The normalized spacial score (nSPS) is 12.8. The van der Waals surface area contributed by atoms with Gasteiger partial charge in [0.15, 0.2) is 0 Å². The van der Waals surface area contributed by atoms with E-state index in [1.165, 1.54) is 51.2 Å². The fraction of sp³-hybridized carbons (Fsp3) is 0.250. The van der Waals surface area contributed by atoms with Crippen LogP contribution in [0.4, 0.5) is 31.7 Å². The van der Waals surface area contributed by atoms with Crippen LogP contribution in [0.15, 0.2) is 112 Å². The summed E-state index contributed by atoms with van der Waals surface area (Å²) in [5.41, 5.74) is 2.21. The van der Waals surface area contributed by atoms with Gasteiger partial charge >= 0.3 is 5.69 Å². The average molecular weight is 1160 g/mol. The number of methoxy groups -OCH3 is 1. The quantitative estimate of drug-likeness (QED) is 0.0452. The van der Waals surface area contributed by atoms with E-state index in [0.29, 0.717) is 103 Å². The predicted molar refractivity (Wildman–Crippen MR) is 292 cm³/mol. The number of fused-ring (bicyclic) bond motifs is 1. The van der Waals surface area contributed by atoms with E-state index in [-0.39, 0.29) is 45.7 Å². The lowest BCUT2D eigenvalue weighted by atomic mass is 10.1. The maximum atomic E-state index is 15.2. The van der Waals surface area contributed by atoms with Gasteiger partial charge in [-0.2, -0.15) is 5.10 Å². The second kappa shape index (κ2) is 21.9. The molecule has 0 radical (unpaired) electrons. The molecule has 1 saturated carbocycles. The lowest BCUT2D eigenvalue weighted by Gasteiger charge is -2.21. The number of carbonyl (C=O) groups excluding carboxylic acids is 1. The highest BCUT2D eigenvalue weighted by atomic mass is 127. The summed E-state index contributed by atoms with van der Waals surface area (Å²) in [6.45, 7) is 2.79. The molecule has 378 valence electrons. The van der Waals surface area contributed by atoms with Crippen LogP contribution in [-0.2, 0) is 20.5 Å². The predicted octanol–water partition coefficient (Wildman–Crippen LogP) is 10.0. The van der Waals surface area contributed by atoms with Gasteiger partial charge in [-0.05, 0) is 122 Å². The largest absolute Gasteiger partial charge is 0.497 e. The Balaban J connectivity index is 0.900. The molecule has 1 aliphatic rings. The van der Waals surface area contributed by atoms with Gasteiger partial charge in [-0.1, -0.05) is 41.4 Å². The zero-order chi connectivity index (χ0) is 51.7. The number of nitrogens with zero attached hydrogens (tertiary/aromatic N) is 5. The molecule has 0 saturated heterocycles. The molecule has 4 aromatic heterocycles. The first-order valence-corrected chi connectivity index (χ1v) is 25.8. The number of carbonyl (C=O) groups is 1. The van der Waals surface area contributed by atoms with Crippen molar-refractivity contribution in [2.75, 3.05) is 37.4 Å². The smallest absolute Gasteiger partial charge is 0.336 e. The number of pyridine rings is 1. The molecule has 0 unspecified atom stereocenters. The Bertz CT molecular complexity index is 3590. The molecular formula is C52H48Cl2F2IN9O6S. The number of aryl methyl sites for hydroxylation is 2. The highest BCUT2D eigenvalue weighted by molar-refractivity contribution is 14.1.